The van der Waals surface area contributed by atoms with Crippen LogP contribution in [0.5, 0.6) is 0 Å². The SMILES string of the molecule is CC1CC2CNCC2N1C(=O)c1ccc([N+](=O)[O-])cc1F. The Bertz CT molecular complexity index is 607. The predicted octanol–water partition coefficient (Wildman–Crippen LogP) is 1.56. The maximum Gasteiger partial charge on any atom is 0.272 e. The molecule has 0 aromatic heterocycles. The van der Waals surface area contributed by atoms with Crippen molar-refractivity contribution < 1.29 is 14.1 Å². The Balaban J connectivity index is 1.90. The number of fused-ring (bicyclic) bond motifs is 1. The van der Waals surface area contributed by atoms with Crippen molar-refractivity contribution >= 4 is 11.6 Å². The van der Waals surface area contributed by atoms with Crippen molar-refractivity contribution in [2.45, 2.75) is 25.4 Å². The van der Waals surface area contributed by atoms with E-state index >= 15 is 0 Å². The van der Waals surface area contributed by atoms with E-state index in [1.807, 2.05) is 6.92 Å². The number of non-ortho nitro benzene ring substituents is 1. The zero-order chi connectivity index (χ0) is 15.1. The van der Waals surface area contributed by atoms with Gasteiger partial charge in [-0.15, -0.1) is 0 Å². The number of halogens is 1. The summed E-state index contributed by atoms with van der Waals surface area (Å²) in [7, 11) is 0. The molecule has 21 heavy (non-hydrogen) atoms. The topological polar surface area (TPSA) is 75.5 Å². The third-order valence-electron chi connectivity index (χ3n) is 4.41. The van der Waals surface area contributed by atoms with Gasteiger partial charge in [-0.25, -0.2) is 4.39 Å². The van der Waals surface area contributed by atoms with Crippen molar-refractivity contribution in [2.75, 3.05) is 13.1 Å². The fraction of sp³-hybridized carbons (Fsp3) is 0.500. The summed E-state index contributed by atoms with van der Waals surface area (Å²) >= 11 is 0. The van der Waals surface area contributed by atoms with Gasteiger partial charge in [0.15, 0.2) is 0 Å². The largest absolute Gasteiger partial charge is 0.331 e. The number of carbonyl (C=O) groups excluding carboxylic acids is 1. The zero-order valence-corrected chi connectivity index (χ0v) is 11.6. The van der Waals surface area contributed by atoms with Gasteiger partial charge in [0.1, 0.15) is 5.82 Å². The number of nitrogens with zero attached hydrogens (tertiary/aromatic N) is 2. The molecule has 0 radical (unpaired) electrons. The quantitative estimate of drug-likeness (QED) is 0.663. The highest BCUT2D eigenvalue weighted by molar-refractivity contribution is 5.95. The summed E-state index contributed by atoms with van der Waals surface area (Å²) in [6.45, 7) is 3.55. The fourth-order valence-corrected chi connectivity index (χ4v) is 3.44. The molecule has 1 aromatic rings. The maximum absolute atomic E-state index is 14.0. The van der Waals surface area contributed by atoms with Crippen LogP contribution in [0.15, 0.2) is 18.2 Å². The molecule has 2 saturated heterocycles. The zero-order valence-electron chi connectivity index (χ0n) is 11.6. The molecule has 0 spiro atoms. The van der Waals surface area contributed by atoms with E-state index in [-0.39, 0.29) is 29.2 Å². The molecule has 3 rings (SSSR count). The first kappa shape index (κ1) is 13.9. The fourth-order valence-electron chi connectivity index (χ4n) is 3.44. The van der Waals surface area contributed by atoms with Gasteiger partial charge >= 0.3 is 0 Å². The summed E-state index contributed by atoms with van der Waals surface area (Å²) in [5.74, 6) is -0.813. The van der Waals surface area contributed by atoms with Gasteiger partial charge in [0.2, 0.25) is 0 Å². The van der Waals surface area contributed by atoms with Gasteiger partial charge in [0.05, 0.1) is 16.6 Å². The second-order valence-electron chi connectivity index (χ2n) is 5.70. The second-order valence-corrected chi connectivity index (χ2v) is 5.70. The Hall–Kier alpha value is -2.02. The standard InChI is InChI=1S/C14H16FN3O3/c1-8-4-9-6-16-7-13(9)17(8)14(19)11-3-2-10(18(20)21)5-12(11)15/h2-3,5,8-9,13,16H,4,6-7H2,1H3. The average molecular weight is 293 g/mol. The maximum atomic E-state index is 14.0. The average Bonchev–Trinajstić information content (AvgIpc) is 2.97. The Labute approximate surface area is 121 Å². The molecule has 112 valence electrons. The molecule has 3 unspecified atom stereocenters. The van der Waals surface area contributed by atoms with Crippen LogP contribution in [0.4, 0.5) is 10.1 Å². The second kappa shape index (κ2) is 5.07. The summed E-state index contributed by atoms with van der Waals surface area (Å²) in [5.41, 5.74) is -0.445. The lowest BCUT2D eigenvalue weighted by Crippen LogP contribution is -2.43. The first-order chi connectivity index (χ1) is 9.99. The van der Waals surface area contributed by atoms with Crippen LogP contribution in [-0.4, -0.2) is 40.9 Å². The third kappa shape index (κ3) is 2.27. The highest BCUT2D eigenvalue weighted by atomic mass is 19.1. The number of carbonyl (C=O) groups is 1. The van der Waals surface area contributed by atoms with E-state index < -0.39 is 10.7 Å². The summed E-state index contributed by atoms with van der Waals surface area (Å²) in [5, 5.41) is 13.9. The normalized spacial score (nSPS) is 27.7. The minimum atomic E-state index is -0.837. The molecule has 1 N–H and O–H groups in total. The van der Waals surface area contributed by atoms with Crippen molar-refractivity contribution in [3.05, 3.63) is 39.7 Å². The Morgan fingerprint density at radius 1 is 1.48 bits per heavy atom. The van der Waals surface area contributed by atoms with Gasteiger partial charge in [-0.2, -0.15) is 0 Å². The van der Waals surface area contributed by atoms with Crippen molar-refractivity contribution in [1.82, 2.24) is 10.2 Å². The van der Waals surface area contributed by atoms with Crippen molar-refractivity contribution in [3.63, 3.8) is 0 Å². The van der Waals surface area contributed by atoms with E-state index in [9.17, 15) is 19.3 Å². The molecule has 0 saturated carbocycles. The molecule has 0 aliphatic carbocycles. The van der Waals surface area contributed by atoms with Crippen LogP contribution in [0.1, 0.15) is 23.7 Å². The summed E-state index contributed by atoms with van der Waals surface area (Å²) in [6, 6.07) is 3.32. The minimum absolute atomic E-state index is 0.0594. The van der Waals surface area contributed by atoms with Gasteiger partial charge in [-0.3, -0.25) is 14.9 Å². The van der Waals surface area contributed by atoms with Gasteiger partial charge in [0, 0.05) is 31.2 Å². The van der Waals surface area contributed by atoms with Crippen LogP contribution in [0.25, 0.3) is 0 Å². The summed E-state index contributed by atoms with van der Waals surface area (Å²) < 4.78 is 14.0. The first-order valence-electron chi connectivity index (χ1n) is 6.96. The molecule has 6 nitrogen and oxygen atoms in total. The molecule has 1 aromatic carbocycles. The monoisotopic (exact) mass is 293 g/mol. The number of benzene rings is 1. The van der Waals surface area contributed by atoms with E-state index in [1.54, 1.807) is 4.90 Å². The molecule has 1 amide bonds. The molecule has 0 bridgehead atoms. The summed E-state index contributed by atoms with van der Waals surface area (Å²) in [4.78, 5) is 24.3. The number of nitro groups is 1. The van der Waals surface area contributed by atoms with Crippen molar-refractivity contribution in [3.8, 4) is 0 Å². The molecule has 2 fully saturated rings. The lowest BCUT2D eigenvalue weighted by atomic mass is 10.0. The van der Waals surface area contributed by atoms with E-state index in [4.69, 9.17) is 0 Å². The predicted molar refractivity (Wildman–Crippen MR) is 73.5 cm³/mol. The highest BCUT2D eigenvalue weighted by Gasteiger charge is 2.44. The number of amides is 1. The van der Waals surface area contributed by atoms with E-state index in [0.717, 1.165) is 25.6 Å². The van der Waals surface area contributed by atoms with Crippen LogP contribution in [0.2, 0.25) is 0 Å². The number of nitro benzene ring substituents is 1. The van der Waals surface area contributed by atoms with Gasteiger partial charge < -0.3 is 10.2 Å². The van der Waals surface area contributed by atoms with Crippen LogP contribution in [0.3, 0.4) is 0 Å². The van der Waals surface area contributed by atoms with E-state index in [0.29, 0.717) is 5.92 Å². The summed E-state index contributed by atoms with van der Waals surface area (Å²) in [6.07, 6.45) is 0.901. The Kier molecular flexibility index (Phi) is 3.36. The van der Waals surface area contributed by atoms with Crippen LogP contribution in [-0.2, 0) is 0 Å². The van der Waals surface area contributed by atoms with Gasteiger partial charge in [-0.1, -0.05) is 0 Å². The van der Waals surface area contributed by atoms with Crippen molar-refractivity contribution in [2.24, 2.45) is 5.92 Å². The lowest BCUT2D eigenvalue weighted by Gasteiger charge is -2.27. The van der Waals surface area contributed by atoms with Gasteiger partial charge in [0.25, 0.3) is 11.6 Å². The molecule has 2 heterocycles. The third-order valence-corrected chi connectivity index (χ3v) is 4.41. The van der Waals surface area contributed by atoms with Gasteiger partial charge in [-0.05, 0) is 25.3 Å². The molecular formula is C14H16FN3O3. The Morgan fingerprint density at radius 2 is 2.24 bits per heavy atom. The van der Waals surface area contributed by atoms with Crippen LogP contribution >= 0.6 is 0 Å². The van der Waals surface area contributed by atoms with E-state index in [2.05, 4.69) is 5.32 Å². The van der Waals surface area contributed by atoms with Crippen LogP contribution < -0.4 is 5.32 Å². The minimum Gasteiger partial charge on any atom is -0.331 e. The number of hydrogen-bond acceptors (Lipinski definition) is 4. The molecule has 2 aliphatic heterocycles. The number of rotatable bonds is 2. The molecule has 7 heteroatoms. The smallest absolute Gasteiger partial charge is 0.272 e. The number of hydrogen-bond donors (Lipinski definition) is 1. The molecular weight excluding hydrogens is 277 g/mol. The Morgan fingerprint density at radius 3 is 2.90 bits per heavy atom. The molecule has 2 aliphatic rings. The van der Waals surface area contributed by atoms with E-state index in [1.165, 1.54) is 12.1 Å². The highest BCUT2D eigenvalue weighted by Crippen LogP contribution is 2.34. The molecule has 3 atom stereocenters. The van der Waals surface area contributed by atoms with Crippen LogP contribution in [0, 0.1) is 21.8 Å². The number of likely N-dealkylation sites (tertiary alicyclic amines) is 1. The number of nitrogens with one attached hydrogen (secondary N) is 1. The van der Waals surface area contributed by atoms with Crippen molar-refractivity contribution in [1.29, 1.82) is 0 Å². The lowest BCUT2D eigenvalue weighted by molar-refractivity contribution is -0.385. The first-order valence-corrected chi connectivity index (χ1v) is 6.96.